The van der Waals surface area contributed by atoms with Gasteiger partial charge in [-0.2, -0.15) is 31.2 Å². The molecule has 15 heavy (non-hydrogen) atoms. The summed E-state index contributed by atoms with van der Waals surface area (Å²) in [6, 6.07) is 0. The van der Waals surface area contributed by atoms with Crippen LogP contribution in [0.5, 0.6) is 0 Å². The molecule has 0 aromatic carbocycles. The lowest BCUT2D eigenvalue weighted by Crippen LogP contribution is -2.76. The first-order valence-electron chi connectivity index (χ1n) is 3.09. The molecule has 0 saturated heterocycles. The molecule has 0 rings (SSSR count). The van der Waals surface area contributed by atoms with Crippen LogP contribution in [0, 0.1) is 15.6 Å². The summed E-state index contributed by atoms with van der Waals surface area (Å²) in [6.07, 6.45) is 0. The Morgan fingerprint density at radius 3 is 1.13 bits per heavy atom. The first-order valence-corrected chi connectivity index (χ1v) is 3.09. The average molecular weight is 235 g/mol. The molecule has 92 valence electrons. The van der Waals surface area contributed by atoms with Gasteiger partial charge < -0.3 is 15.6 Å². The quantitative estimate of drug-likeness (QED) is 0.160. The second-order valence-electron chi connectivity index (χ2n) is 2.69. The van der Waals surface area contributed by atoms with Crippen molar-refractivity contribution in [1.82, 2.24) is 0 Å². The number of hydrogen-bond donors (Lipinski definition) is 7. The monoisotopic (exact) mass is 235 g/mol. The first-order chi connectivity index (χ1) is 6.21. The SMILES string of the molecule is [O-][N+](O)(O)CC(O)([N+]([O-])(O)O)[N+]([O-])(O)O. The second-order valence-corrected chi connectivity index (χ2v) is 2.69. The highest BCUT2D eigenvalue weighted by Gasteiger charge is 2.66. The van der Waals surface area contributed by atoms with E-state index in [-0.39, 0.29) is 0 Å². The molecule has 0 heterocycles. The molecular weight excluding hydrogens is 226 g/mol. The Labute approximate surface area is 80.5 Å². The van der Waals surface area contributed by atoms with Gasteiger partial charge in [-0.1, -0.05) is 4.97 Å². The van der Waals surface area contributed by atoms with E-state index in [1.54, 1.807) is 0 Å². The summed E-state index contributed by atoms with van der Waals surface area (Å²) in [6.45, 7) is -2.36. The van der Waals surface area contributed by atoms with Crippen molar-refractivity contribution in [3.63, 3.8) is 0 Å². The maximum absolute atomic E-state index is 10.3. The van der Waals surface area contributed by atoms with Gasteiger partial charge in [-0.05, 0) is 0 Å². The average Bonchev–Trinajstić information content (AvgIpc) is 1.77. The Hall–Kier alpha value is -0.520. The van der Waals surface area contributed by atoms with Crippen molar-refractivity contribution in [2.24, 2.45) is 0 Å². The van der Waals surface area contributed by atoms with E-state index in [2.05, 4.69) is 0 Å². The van der Waals surface area contributed by atoms with Crippen molar-refractivity contribution < 1.29 is 51.3 Å². The molecule has 0 fully saturated rings. The molecule has 0 amide bonds. The first kappa shape index (κ1) is 14.5. The van der Waals surface area contributed by atoms with E-state index in [0.29, 0.717) is 0 Å². The molecule has 0 saturated carbocycles. The van der Waals surface area contributed by atoms with Crippen LogP contribution in [0.3, 0.4) is 0 Å². The normalized spacial score (nSPS) is 15.6. The molecular formula is C2H9N3O10. The zero-order valence-electron chi connectivity index (χ0n) is 6.90. The van der Waals surface area contributed by atoms with Crippen molar-refractivity contribution in [3.8, 4) is 0 Å². The third kappa shape index (κ3) is 3.22. The number of nitrogens with zero attached hydrogens (tertiary/aromatic N) is 3. The Morgan fingerprint density at radius 2 is 1.07 bits per heavy atom. The Bertz CT molecular complexity index is 206. The lowest BCUT2D eigenvalue weighted by molar-refractivity contribution is -1.43. The van der Waals surface area contributed by atoms with Gasteiger partial charge >= 0.3 is 5.85 Å². The summed E-state index contributed by atoms with van der Waals surface area (Å²) >= 11 is 0. The van der Waals surface area contributed by atoms with E-state index in [0.717, 1.165) is 0 Å². The van der Waals surface area contributed by atoms with Crippen LogP contribution in [0.1, 0.15) is 0 Å². The lowest BCUT2D eigenvalue weighted by atomic mass is 10.4. The molecule has 7 N–H and O–H groups in total. The predicted octanol–water partition coefficient (Wildman–Crippen LogP) is -2.09. The van der Waals surface area contributed by atoms with Crippen molar-refractivity contribution in [2.75, 3.05) is 6.54 Å². The number of aliphatic hydroxyl groups is 1. The number of quaternary nitrogens is 3. The molecule has 0 bridgehead atoms. The van der Waals surface area contributed by atoms with Crippen LogP contribution in [0.2, 0.25) is 0 Å². The topological polar surface area (TPSA) is 211 Å². The molecule has 0 aliphatic rings. The van der Waals surface area contributed by atoms with E-state index >= 15 is 0 Å². The summed E-state index contributed by atoms with van der Waals surface area (Å²) in [5, 5.41) is 88.7. The van der Waals surface area contributed by atoms with Gasteiger partial charge in [0.05, 0.1) is 0 Å². The summed E-state index contributed by atoms with van der Waals surface area (Å²) in [4.78, 5) is -11.6. The van der Waals surface area contributed by atoms with Gasteiger partial charge in [0.15, 0.2) is 0 Å². The standard InChI is InChI=1S/C2H9N3O10/c6-2(4(10,11)12,5(13,14)15)1-3(7,8)9/h6-8,10-11,13-14H,1H2. The summed E-state index contributed by atoms with van der Waals surface area (Å²) < 4.78 is 0. The zero-order valence-corrected chi connectivity index (χ0v) is 6.90. The third-order valence-corrected chi connectivity index (χ3v) is 1.35. The van der Waals surface area contributed by atoms with Crippen LogP contribution in [-0.2, 0) is 0 Å². The fraction of sp³-hybridized carbons (Fsp3) is 1.00. The zero-order chi connectivity index (χ0) is 12.7. The highest BCUT2D eigenvalue weighted by atomic mass is 17.2. The van der Waals surface area contributed by atoms with Gasteiger partial charge in [0.2, 0.25) is 0 Å². The van der Waals surface area contributed by atoms with E-state index < -0.39 is 27.3 Å². The summed E-state index contributed by atoms with van der Waals surface area (Å²) in [5.74, 6) is -4.49. The van der Waals surface area contributed by atoms with E-state index in [1.807, 2.05) is 0 Å². The molecule has 0 aromatic heterocycles. The number of hydroxylamine groups is 9. The van der Waals surface area contributed by atoms with Gasteiger partial charge in [0, 0.05) is 9.95 Å². The minimum Gasteiger partial charge on any atom is -0.564 e. The number of hydrogen-bond acceptors (Lipinski definition) is 10. The summed E-state index contributed by atoms with van der Waals surface area (Å²) in [7, 11) is 0. The Balaban J connectivity index is 5.26. The van der Waals surface area contributed by atoms with Crippen LogP contribution >= 0.6 is 0 Å². The van der Waals surface area contributed by atoms with Crippen LogP contribution in [-0.4, -0.2) is 63.7 Å². The molecule has 0 radical (unpaired) electrons. The highest BCUT2D eigenvalue weighted by Crippen LogP contribution is 2.26. The molecule has 0 unspecified atom stereocenters. The fourth-order valence-electron chi connectivity index (χ4n) is 0.630. The molecule has 0 aliphatic carbocycles. The third-order valence-electron chi connectivity index (χ3n) is 1.35. The van der Waals surface area contributed by atoms with Crippen molar-refractivity contribution in [1.29, 1.82) is 0 Å². The van der Waals surface area contributed by atoms with Crippen molar-refractivity contribution in [2.45, 2.75) is 5.85 Å². The lowest BCUT2D eigenvalue weighted by Gasteiger charge is -2.44. The molecule has 13 heteroatoms. The smallest absolute Gasteiger partial charge is 0.518 e. The maximum atomic E-state index is 10.3. The molecule has 13 nitrogen and oxygen atoms in total. The van der Waals surface area contributed by atoms with E-state index in [9.17, 15) is 15.6 Å². The largest absolute Gasteiger partial charge is 0.564 e. The molecule has 0 aliphatic heterocycles. The van der Waals surface area contributed by atoms with Gasteiger partial charge in [0.25, 0.3) is 6.54 Å². The minimum absolute atomic E-state index is 2.36. The predicted molar refractivity (Wildman–Crippen MR) is 31.4 cm³/mol. The van der Waals surface area contributed by atoms with Crippen molar-refractivity contribution >= 4 is 0 Å². The van der Waals surface area contributed by atoms with Gasteiger partial charge in [-0.3, -0.25) is 5.11 Å². The maximum Gasteiger partial charge on any atom is 0.518 e. The minimum atomic E-state index is -4.49. The number of rotatable bonds is 4. The van der Waals surface area contributed by atoms with Crippen LogP contribution in [0.4, 0.5) is 0 Å². The van der Waals surface area contributed by atoms with Crippen molar-refractivity contribution in [3.05, 3.63) is 15.6 Å². The van der Waals surface area contributed by atoms with Crippen LogP contribution in [0.25, 0.3) is 0 Å². The van der Waals surface area contributed by atoms with Crippen LogP contribution in [0.15, 0.2) is 0 Å². The molecule has 0 spiro atoms. The fourth-order valence-corrected chi connectivity index (χ4v) is 0.630. The Morgan fingerprint density at radius 1 is 0.800 bits per heavy atom. The van der Waals surface area contributed by atoms with Gasteiger partial charge in [-0.15, -0.1) is 0 Å². The highest BCUT2D eigenvalue weighted by molar-refractivity contribution is 4.48. The van der Waals surface area contributed by atoms with E-state index in [1.165, 1.54) is 0 Å². The van der Waals surface area contributed by atoms with Gasteiger partial charge in [0.1, 0.15) is 0 Å². The van der Waals surface area contributed by atoms with Crippen LogP contribution < -0.4 is 0 Å². The van der Waals surface area contributed by atoms with E-state index in [4.69, 9.17) is 36.4 Å². The molecule has 0 atom stereocenters. The van der Waals surface area contributed by atoms with Gasteiger partial charge in [-0.25, -0.2) is 0 Å². The Kier molecular flexibility index (Phi) is 3.38. The molecule has 0 aromatic rings. The second kappa shape index (κ2) is 3.50. The summed E-state index contributed by atoms with van der Waals surface area (Å²) in [5.41, 5.74) is 0.